The van der Waals surface area contributed by atoms with Gasteiger partial charge in [0, 0.05) is 0 Å². The zero-order chi connectivity index (χ0) is 11.1. The van der Waals surface area contributed by atoms with E-state index in [1.165, 1.54) is 0 Å². The number of rotatable bonds is 2. The fourth-order valence-corrected chi connectivity index (χ4v) is 0.828. The second kappa shape index (κ2) is 5.60. The van der Waals surface area contributed by atoms with Crippen molar-refractivity contribution in [3.63, 3.8) is 0 Å². The van der Waals surface area contributed by atoms with Gasteiger partial charge in [0.05, 0.1) is 6.61 Å². The van der Waals surface area contributed by atoms with Gasteiger partial charge < -0.3 is 10.5 Å². The van der Waals surface area contributed by atoms with Crippen molar-refractivity contribution < 1.29 is 9.53 Å². The number of carbonyl (C=O) groups excluding carboxylic acids is 1. The molecule has 0 saturated heterocycles. The summed E-state index contributed by atoms with van der Waals surface area (Å²) in [7, 11) is 0. The summed E-state index contributed by atoms with van der Waals surface area (Å²) in [6, 6.07) is 3.24. The maximum atomic E-state index is 10.9. The lowest BCUT2D eigenvalue weighted by molar-refractivity contribution is -0.141. The number of esters is 1. The van der Waals surface area contributed by atoms with Crippen LogP contribution in [-0.2, 0) is 9.53 Å². The lowest BCUT2D eigenvalue weighted by Gasteiger charge is -1.94. The molecule has 0 atom stereocenters. The van der Waals surface area contributed by atoms with Crippen molar-refractivity contribution in [3.8, 4) is 11.8 Å². The normalized spacial score (nSPS) is 8.87. The van der Waals surface area contributed by atoms with E-state index in [2.05, 4.69) is 22.0 Å². The number of hydrogen-bond donors (Lipinski definition) is 1. The quantitative estimate of drug-likeness (QED) is 0.557. The van der Waals surface area contributed by atoms with Gasteiger partial charge in [-0.1, -0.05) is 5.92 Å². The van der Waals surface area contributed by atoms with Gasteiger partial charge in [-0.05, 0) is 25.0 Å². The molecule has 1 aromatic heterocycles. The molecule has 1 aromatic rings. The molecule has 78 valence electrons. The van der Waals surface area contributed by atoms with Crippen LogP contribution in [0.1, 0.15) is 19.0 Å². The van der Waals surface area contributed by atoms with Crippen molar-refractivity contribution in [2.45, 2.75) is 13.3 Å². The van der Waals surface area contributed by atoms with E-state index in [1.54, 1.807) is 19.1 Å². The van der Waals surface area contributed by atoms with Crippen LogP contribution < -0.4 is 5.73 Å². The Kier molecular flexibility index (Phi) is 4.10. The van der Waals surface area contributed by atoms with E-state index in [4.69, 9.17) is 10.5 Å². The molecule has 0 spiro atoms. The molecule has 0 unspecified atom stereocenters. The van der Waals surface area contributed by atoms with Crippen LogP contribution in [-0.4, -0.2) is 22.8 Å². The summed E-state index contributed by atoms with van der Waals surface area (Å²) in [5.41, 5.74) is 5.83. The van der Waals surface area contributed by atoms with Crippen LogP contribution >= 0.6 is 0 Å². The molecule has 2 N–H and O–H groups in total. The molecule has 5 heteroatoms. The van der Waals surface area contributed by atoms with Crippen molar-refractivity contribution in [1.29, 1.82) is 0 Å². The summed E-state index contributed by atoms with van der Waals surface area (Å²) in [4.78, 5) is 10.9. The maximum Gasteiger partial charge on any atom is 0.317 e. The highest BCUT2D eigenvalue weighted by atomic mass is 16.5. The smallest absolute Gasteiger partial charge is 0.317 e. The number of anilines is 1. The van der Waals surface area contributed by atoms with Gasteiger partial charge in [0.1, 0.15) is 17.9 Å². The molecule has 0 aromatic carbocycles. The van der Waals surface area contributed by atoms with Gasteiger partial charge in [0.25, 0.3) is 0 Å². The van der Waals surface area contributed by atoms with E-state index < -0.39 is 0 Å². The van der Waals surface area contributed by atoms with Crippen LogP contribution in [0, 0.1) is 11.8 Å². The Morgan fingerprint density at radius 3 is 2.93 bits per heavy atom. The van der Waals surface area contributed by atoms with Crippen molar-refractivity contribution in [3.05, 3.63) is 17.8 Å². The monoisotopic (exact) mass is 205 g/mol. The Morgan fingerprint density at radius 1 is 1.53 bits per heavy atom. The van der Waals surface area contributed by atoms with Gasteiger partial charge in [0.15, 0.2) is 0 Å². The molecule has 0 aliphatic rings. The van der Waals surface area contributed by atoms with E-state index in [1.807, 2.05) is 0 Å². The predicted octanol–water partition coefficient (Wildman–Crippen LogP) is 0.363. The summed E-state index contributed by atoms with van der Waals surface area (Å²) in [5.74, 6) is 5.32. The largest absolute Gasteiger partial charge is 0.465 e. The Labute approximate surface area is 87.6 Å². The van der Waals surface area contributed by atoms with Gasteiger partial charge in [-0.2, -0.15) is 0 Å². The Morgan fingerprint density at radius 2 is 2.33 bits per heavy atom. The van der Waals surface area contributed by atoms with E-state index in [-0.39, 0.29) is 12.4 Å². The van der Waals surface area contributed by atoms with Crippen molar-refractivity contribution in [2.75, 3.05) is 12.3 Å². The van der Waals surface area contributed by atoms with Crippen LogP contribution in [0.25, 0.3) is 0 Å². The highest BCUT2D eigenvalue weighted by molar-refractivity contribution is 5.72. The minimum Gasteiger partial charge on any atom is -0.465 e. The van der Waals surface area contributed by atoms with E-state index >= 15 is 0 Å². The van der Waals surface area contributed by atoms with Crippen LogP contribution in [0.4, 0.5) is 5.82 Å². The Hall–Kier alpha value is -2.09. The molecule has 1 heterocycles. The fourth-order valence-electron chi connectivity index (χ4n) is 0.828. The van der Waals surface area contributed by atoms with Crippen LogP contribution in [0.2, 0.25) is 0 Å². The lowest BCUT2D eigenvalue weighted by atomic mass is 10.3. The SMILES string of the molecule is CCOC(=O)CC#Cc1ccc(N)nn1. The van der Waals surface area contributed by atoms with Gasteiger partial charge in [-0.25, -0.2) is 0 Å². The minimum absolute atomic E-state index is 0.0555. The Bertz CT molecular complexity index is 389. The number of nitrogens with zero attached hydrogens (tertiary/aromatic N) is 2. The second-order valence-electron chi connectivity index (χ2n) is 2.63. The van der Waals surface area contributed by atoms with E-state index in [9.17, 15) is 4.79 Å². The average molecular weight is 205 g/mol. The third-order valence-electron chi connectivity index (χ3n) is 1.44. The van der Waals surface area contributed by atoms with Gasteiger partial charge in [-0.15, -0.1) is 10.2 Å². The number of hydrogen-bond acceptors (Lipinski definition) is 5. The molecule has 1 rings (SSSR count). The van der Waals surface area contributed by atoms with Gasteiger partial charge in [0.2, 0.25) is 0 Å². The summed E-state index contributed by atoms with van der Waals surface area (Å²) >= 11 is 0. The molecule has 0 saturated carbocycles. The van der Waals surface area contributed by atoms with Crippen molar-refractivity contribution in [2.24, 2.45) is 0 Å². The molecule has 0 fully saturated rings. The topological polar surface area (TPSA) is 78.1 Å². The predicted molar refractivity (Wildman–Crippen MR) is 54.6 cm³/mol. The van der Waals surface area contributed by atoms with Crippen molar-refractivity contribution >= 4 is 11.8 Å². The zero-order valence-corrected chi connectivity index (χ0v) is 8.36. The van der Waals surface area contributed by atoms with Crippen molar-refractivity contribution in [1.82, 2.24) is 10.2 Å². The number of nitrogens with two attached hydrogens (primary N) is 1. The molecule has 15 heavy (non-hydrogen) atoms. The van der Waals surface area contributed by atoms with Crippen LogP contribution in [0.5, 0.6) is 0 Å². The summed E-state index contributed by atoms with van der Waals surface area (Å²) < 4.78 is 4.70. The lowest BCUT2D eigenvalue weighted by Crippen LogP contribution is -2.01. The average Bonchev–Trinajstić information content (AvgIpc) is 2.21. The number of carbonyl (C=O) groups is 1. The standard InChI is InChI=1S/C10H11N3O2/c1-2-15-10(14)5-3-4-8-6-7-9(11)13-12-8/h6-7H,2,5H2,1H3,(H2,11,13). The third kappa shape index (κ3) is 4.09. The van der Waals surface area contributed by atoms with E-state index in [0.29, 0.717) is 18.1 Å². The molecular weight excluding hydrogens is 194 g/mol. The second-order valence-corrected chi connectivity index (χ2v) is 2.63. The van der Waals surface area contributed by atoms with Gasteiger partial charge >= 0.3 is 5.97 Å². The highest BCUT2D eigenvalue weighted by Gasteiger charge is 1.96. The minimum atomic E-state index is -0.339. The molecule has 0 aliphatic carbocycles. The summed E-state index contributed by atoms with van der Waals surface area (Å²) in [6.07, 6.45) is 0.0555. The molecule has 0 bridgehead atoms. The van der Waals surface area contributed by atoms with Gasteiger partial charge in [-0.3, -0.25) is 4.79 Å². The van der Waals surface area contributed by atoms with Crippen LogP contribution in [0.15, 0.2) is 12.1 Å². The number of ether oxygens (including phenoxy) is 1. The Balaban J connectivity index is 2.51. The first kappa shape index (κ1) is 11.0. The summed E-state index contributed by atoms with van der Waals surface area (Å²) in [6.45, 7) is 2.11. The molecule has 0 radical (unpaired) electrons. The molecular formula is C10H11N3O2. The van der Waals surface area contributed by atoms with Crippen LogP contribution in [0.3, 0.4) is 0 Å². The highest BCUT2D eigenvalue weighted by Crippen LogP contribution is 1.95. The van der Waals surface area contributed by atoms with E-state index in [0.717, 1.165) is 0 Å². The number of nitrogen functional groups attached to an aromatic ring is 1. The fraction of sp³-hybridized carbons (Fsp3) is 0.300. The molecule has 5 nitrogen and oxygen atoms in total. The number of aromatic nitrogens is 2. The summed E-state index contributed by atoms with van der Waals surface area (Å²) in [5, 5.41) is 7.34. The molecule has 0 amide bonds. The first-order valence-corrected chi connectivity index (χ1v) is 4.46. The maximum absolute atomic E-state index is 10.9. The first-order chi connectivity index (χ1) is 7.22. The molecule has 0 aliphatic heterocycles. The third-order valence-corrected chi connectivity index (χ3v) is 1.44. The zero-order valence-electron chi connectivity index (χ0n) is 8.36. The first-order valence-electron chi connectivity index (χ1n) is 4.46.